The fourth-order valence-corrected chi connectivity index (χ4v) is 2.53. The normalized spacial score (nSPS) is 12.3. The summed E-state index contributed by atoms with van der Waals surface area (Å²) in [5.74, 6) is 0.666. The van der Waals surface area contributed by atoms with Gasteiger partial charge in [-0.1, -0.05) is 44.5 Å². The van der Waals surface area contributed by atoms with Crippen molar-refractivity contribution in [2.75, 3.05) is 0 Å². The Balaban J connectivity index is 1.89. The summed E-state index contributed by atoms with van der Waals surface area (Å²) < 4.78 is 0. The molecule has 1 aromatic heterocycles. The molecule has 1 heteroatoms. The van der Waals surface area contributed by atoms with Crippen LogP contribution in [0.3, 0.4) is 0 Å². The van der Waals surface area contributed by atoms with E-state index < -0.39 is 0 Å². The van der Waals surface area contributed by atoms with Crippen LogP contribution >= 0.6 is 0 Å². The highest BCUT2D eigenvalue weighted by atomic mass is 14.6. The van der Waals surface area contributed by atoms with Gasteiger partial charge in [-0.25, -0.2) is 0 Å². The Hall–Kier alpha value is -1.63. The van der Waals surface area contributed by atoms with Crippen LogP contribution in [0, 0.1) is 5.92 Å². The number of hydrogen-bond donors (Lipinski definition) is 0. The lowest BCUT2D eigenvalue weighted by molar-refractivity contribution is 0.577. The van der Waals surface area contributed by atoms with Gasteiger partial charge in [0, 0.05) is 12.4 Å². The summed E-state index contributed by atoms with van der Waals surface area (Å²) in [4.78, 5) is 4.06. The van der Waals surface area contributed by atoms with E-state index in [1.165, 1.54) is 29.5 Å². The van der Waals surface area contributed by atoms with Crippen LogP contribution in [-0.2, 0) is 19.3 Å². The summed E-state index contributed by atoms with van der Waals surface area (Å²) in [5, 5.41) is 0. The number of hydrogen-bond acceptors (Lipinski definition) is 1. The maximum Gasteiger partial charge on any atom is 0.0270 e. The van der Waals surface area contributed by atoms with Crippen LogP contribution < -0.4 is 0 Å². The van der Waals surface area contributed by atoms with E-state index in [9.17, 15) is 0 Å². The molecule has 0 saturated carbocycles. The van der Waals surface area contributed by atoms with Crippen LogP contribution in [0.4, 0.5) is 0 Å². The molecule has 1 unspecified atom stereocenters. The SMILES string of the molecule is CCCc1ccc(CC(C)Cc2ccncc2)cc1. The molecule has 0 saturated heterocycles. The fraction of sp³-hybridized carbons (Fsp3) is 0.389. The Bertz CT molecular complexity index is 473. The standard InChI is InChI=1S/C18H23N/c1-3-4-16-5-7-17(8-6-16)13-15(2)14-18-9-11-19-12-10-18/h5-12,15H,3-4,13-14H2,1-2H3. The topological polar surface area (TPSA) is 12.9 Å². The maximum absolute atomic E-state index is 4.06. The maximum atomic E-state index is 4.06. The van der Waals surface area contributed by atoms with Gasteiger partial charge in [0.25, 0.3) is 0 Å². The molecule has 1 aromatic carbocycles. The number of rotatable bonds is 6. The molecule has 0 aliphatic carbocycles. The van der Waals surface area contributed by atoms with Crippen molar-refractivity contribution in [1.82, 2.24) is 4.98 Å². The fourth-order valence-electron chi connectivity index (χ4n) is 2.53. The number of nitrogens with zero attached hydrogens (tertiary/aromatic N) is 1. The van der Waals surface area contributed by atoms with Crippen molar-refractivity contribution in [3.63, 3.8) is 0 Å². The Morgan fingerprint density at radius 3 is 1.95 bits per heavy atom. The van der Waals surface area contributed by atoms with E-state index in [1.807, 2.05) is 12.4 Å². The van der Waals surface area contributed by atoms with E-state index in [1.54, 1.807) is 0 Å². The van der Waals surface area contributed by atoms with Gasteiger partial charge in [-0.2, -0.15) is 0 Å². The second kappa shape index (κ2) is 7.08. The molecule has 19 heavy (non-hydrogen) atoms. The summed E-state index contributed by atoms with van der Waals surface area (Å²) in [5.41, 5.74) is 4.28. The first-order valence-corrected chi connectivity index (χ1v) is 7.24. The molecule has 0 spiro atoms. The highest BCUT2D eigenvalue weighted by molar-refractivity contribution is 5.23. The quantitative estimate of drug-likeness (QED) is 0.741. The van der Waals surface area contributed by atoms with Crippen molar-refractivity contribution in [3.8, 4) is 0 Å². The third-order valence-corrected chi connectivity index (χ3v) is 3.48. The first kappa shape index (κ1) is 13.8. The summed E-state index contributed by atoms with van der Waals surface area (Å²) in [7, 11) is 0. The van der Waals surface area contributed by atoms with Crippen molar-refractivity contribution in [2.24, 2.45) is 5.92 Å². The van der Waals surface area contributed by atoms with E-state index >= 15 is 0 Å². The van der Waals surface area contributed by atoms with E-state index in [-0.39, 0.29) is 0 Å². The Morgan fingerprint density at radius 2 is 1.37 bits per heavy atom. The molecule has 0 amide bonds. The summed E-state index contributed by atoms with van der Waals surface area (Å²) >= 11 is 0. The number of aromatic nitrogens is 1. The number of benzene rings is 1. The molecule has 0 radical (unpaired) electrons. The van der Waals surface area contributed by atoms with Crippen molar-refractivity contribution in [1.29, 1.82) is 0 Å². The number of pyridine rings is 1. The molecule has 1 heterocycles. The zero-order valence-corrected chi connectivity index (χ0v) is 12.0. The Morgan fingerprint density at radius 1 is 0.842 bits per heavy atom. The lowest BCUT2D eigenvalue weighted by atomic mass is 9.94. The predicted molar refractivity (Wildman–Crippen MR) is 81.2 cm³/mol. The molecule has 0 aliphatic heterocycles. The third kappa shape index (κ3) is 4.51. The number of aryl methyl sites for hydroxylation is 1. The van der Waals surface area contributed by atoms with Crippen LogP contribution in [0.25, 0.3) is 0 Å². The molecular weight excluding hydrogens is 230 g/mol. The molecule has 2 aromatic rings. The molecule has 2 rings (SSSR count). The average Bonchev–Trinajstić information content (AvgIpc) is 2.42. The van der Waals surface area contributed by atoms with E-state index in [4.69, 9.17) is 0 Å². The Labute approximate surface area is 116 Å². The van der Waals surface area contributed by atoms with Crippen molar-refractivity contribution in [3.05, 3.63) is 65.5 Å². The van der Waals surface area contributed by atoms with Gasteiger partial charge in [0.15, 0.2) is 0 Å². The van der Waals surface area contributed by atoms with Gasteiger partial charge in [-0.05, 0) is 54.0 Å². The first-order chi connectivity index (χ1) is 9.28. The van der Waals surface area contributed by atoms with Crippen LogP contribution in [0.15, 0.2) is 48.8 Å². The second-order valence-corrected chi connectivity index (χ2v) is 5.44. The predicted octanol–water partition coefficient (Wildman–Crippen LogP) is 4.46. The molecule has 0 aliphatic rings. The molecule has 0 N–H and O–H groups in total. The van der Waals surface area contributed by atoms with Gasteiger partial charge >= 0.3 is 0 Å². The lowest BCUT2D eigenvalue weighted by Gasteiger charge is -2.12. The highest BCUT2D eigenvalue weighted by Gasteiger charge is 2.05. The van der Waals surface area contributed by atoms with Crippen LogP contribution in [0.5, 0.6) is 0 Å². The van der Waals surface area contributed by atoms with Crippen LogP contribution in [-0.4, -0.2) is 4.98 Å². The van der Waals surface area contributed by atoms with E-state index in [0.29, 0.717) is 5.92 Å². The molecule has 0 fully saturated rings. The largest absolute Gasteiger partial charge is 0.265 e. The molecule has 1 atom stereocenters. The van der Waals surface area contributed by atoms with E-state index in [2.05, 4.69) is 55.2 Å². The zero-order valence-electron chi connectivity index (χ0n) is 12.0. The van der Waals surface area contributed by atoms with Gasteiger partial charge in [0.1, 0.15) is 0 Å². The van der Waals surface area contributed by atoms with Crippen molar-refractivity contribution >= 4 is 0 Å². The van der Waals surface area contributed by atoms with E-state index in [0.717, 1.165) is 12.8 Å². The second-order valence-electron chi connectivity index (χ2n) is 5.44. The Kier molecular flexibility index (Phi) is 5.14. The van der Waals surface area contributed by atoms with Gasteiger partial charge in [0.2, 0.25) is 0 Å². The average molecular weight is 253 g/mol. The summed E-state index contributed by atoms with van der Waals surface area (Å²) in [6.45, 7) is 4.55. The summed E-state index contributed by atoms with van der Waals surface area (Å²) in [6, 6.07) is 13.3. The van der Waals surface area contributed by atoms with Gasteiger partial charge < -0.3 is 0 Å². The van der Waals surface area contributed by atoms with Crippen LogP contribution in [0.2, 0.25) is 0 Å². The smallest absolute Gasteiger partial charge is 0.0270 e. The van der Waals surface area contributed by atoms with Crippen molar-refractivity contribution in [2.45, 2.75) is 39.5 Å². The molecule has 0 bridgehead atoms. The minimum absolute atomic E-state index is 0.666. The lowest BCUT2D eigenvalue weighted by Crippen LogP contribution is -2.04. The van der Waals surface area contributed by atoms with Gasteiger partial charge in [0.05, 0.1) is 0 Å². The first-order valence-electron chi connectivity index (χ1n) is 7.24. The zero-order chi connectivity index (χ0) is 13.5. The third-order valence-electron chi connectivity index (χ3n) is 3.48. The minimum Gasteiger partial charge on any atom is -0.265 e. The van der Waals surface area contributed by atoms with Gasteiger partial charge in [-0.15, -0.1) is 0 Å². The monoisotopic (exact) mass is 253 g/mol. The van der Waals surface area contributed by atoms with Crippen molar-refractivity contribution < 1.29 is 0 Å². The van der Waals surface area contributed by atoms with Gasteiger partial charge in [-0.3, -0.25) is 4.98 Å². The minimum atomic E-state index is 0.666. The van der Waals surface area contributed by atoms with Crippen LogP contribution in [0.1, 0.15) is 37.0 Å². The highest BCUT2D eigenvalue weighted by Crippen LogP contribution is 2.15. The molecule has 1 nitrogen and oxygen atoms in total. The molecule has 100 valence electrons. The summed E-state index contributed by atoms with van der Waals surface area (Å²) in [6.07, 6.45) is 8.43. The molecular formula is C18H23N.